The van der Waals surface area contributed by atoms with Crippen LogP contribution in [0.4, 0.5) is 5.82 Å². The zero-order chi connectivity index (χ0) is 14.6. The summed E-state index contributed by atoms with van der Waals surface area (Å²) in [6.45, 7) is 1.27. The highest BCUT2D eigenvalue weighted by molar-refractivity contribution is 6.15. The van der Waals surface area contributed by atoms with Crippen LogP contribution in [0, 0.1) is 0 Å². The van der Waals surface area contributed by atoms with Gasteiger partial charge in [0.25, 0.3) is 0 Å². The number of nitrogen functional groups attached to an aromatic ring is 1. The molecule has 1 saturated heterocycles. The smallest absolute Gasteiger partial charge is 0.351 e. The summed E-state index contributed by atoms with van der Waals surface area (Å²) in [7, 11) is 0. The van der Waals surface area contributed by atoms with E-state index in [1.54, 1.807) is 6.92 Å². The molecule has 0 unspecified atom stereocenters. The first-order valence-electron chi connectivity index (χ1n) is 5.65. The van der Waals surface area contributed by atoms with Crippen molar-refractivity contribution in [1.29, 1.82) is 0 Å². The number of nitrogens with zero attached hydrogens (tertiary/aromatic N) is 2. The molecule has 1 fully saturated rings. The quantitative estimate of drug-likeness (QED) is 0.646. The molecule has 7 nitrogen and oxygen atoms in total. The summed E-state index contributed by atoms with van der Waals surface area (Å²) in [6.07, 6.45) is 1.69. The third kappa shape index (κ3) is 3.24. The topological polar surface area (TPSA) is 111 Å². The molecule has 0 spiro atoms. The number of ether oxygens (including phenoxy) is 1. The lowest BCUT2D eigenvalue weighted by Gasteiger charge is -2.24. The minimum absolute atomic E-state index is 0.134. The molecule has 8 heteroatoms. The number of alkyl halides is 1. The standard InChI is InChI=1S/C10H15N3O4.CH3Cl/c1-10(5-14)6(15)4-8(17-10)13-3-2-7(11)12-9(13)16;1-2/h2-3,6,8,14-15H,4-5H2,1H3,(H2,11,12,16);1H3/t6-,8+,10+;/m0./s1. The minimum atomic E-state index is -1.05. The second kappa shape index (κ2) is 6.33. The molecule has 0 radical (unpaired) electrons. The maximum Gasteiger partial charge on any atom is 0.351 e. The first-order valence-corrected chi connectivity index (χ1v) is 6.41. The van der Waals surface area contributed by atoms with Crippen LogP contribution in [0.2, 0.25) is 0 Å². The molecule has 4 N–H and O–H groups in total. The molecule has 3 atom stereocenters. The summed E-state index contributed by atoms with van der Waals surface area (Å²) in [6, 6.07) is 1.48. The Morgan fingerprint density at radius 2 is 2.32 bits per heavy atom. The van der Waals surface area contributed by atoms with Gasteiger partial charge in [-0.25, -0.2) is 4.79 Å². The highest BCUT2D eigenvalue weighted by Gasteiger charge is 2.44. The molecule has 0 amide bonds. The van der Waals surface area contributed by atoms with Gasteiger partial charge in [-0.2, -0.15) is 4.98 Å². The second-order valence-corrected chi connectivity index (χ2v) is 4.34. The van der Waals surface area contributed by atoms with Crippen LogP contribution in [0.25, 0.3) is 0 Å². The molecular weight excluding hydrogens is 274 g/mol. The first kappa shape index (κ1) is 15.9. The van der Waals surface area contributed by atoms with Crippen molar-refractivity contribution in [3.63, 3.8) is 0 Å². The van der Waals surface area contributed by atoms with Crippen LogP contribution in [-0.4, -0.2) is 44.5 Å². The van der Waals surface area contributed by atoms with E-state index in [9.17, 15) is 9.90 Å². The minimum Gasteiger partial charge on any atom is -0.393 e. The maximum absolute atomic E-state index is 11.6. The molecule has 0 aliphatic carbocycles. The van der Waals surface area contributed by atoms with E-state index < -0.39 is 23.6 Å². The monoisotopic (exact) mass is 291 g/mol. The van der Waals surface area contributed by atoms with E-state index in [0.29, 0.717) is 0 Å². The van der Waals surface area contributed by atoms with Crippen molar-refractivity contribution in [2.45, 2.75) is 31.3 Å². The van der Waals surface area contributed by atoms with Crippen LogP contribution in [0.1, 0.15) is 19.6 Å². The van der Waals surface area contributed by atoms with E-state index in [-0.39, 0.29) is 18.8 Å². The van der Waals surface area contributed by atoms with E-state index in [2.05, 4.69) is 16.6 Å². The van der Waals surface area contributed by atoms with Gasteiger partial charge in [-0.05, 0) is 13.0 Å². The van der Waals surface area contributed by atoms with Gasteiger partial charge in [0, 0.05) is 19.0 Å². The van der Waals surface area contributed by atoms with Gasteiger partial charge >= 0.3 is 5.69 Å². The van der Waals surface area contributed by atoms with Gasteiger partial charge in [-0.15, -0.1) is 11.6 Å². The fraction of sp³-hybridized carbons (Fsp3) is 0.636. The molecule has 0 saturated carbocycles. The highest BCUT2D eigenvalue weighted by atomic mass is 35.5. The molecule has 19 heavy (non-hydrogen) atoms. The lowest BCUT2D eigenvalue weighted by atomic mass is 10.0. The Hall–Kier alpha value is -1.15. The molecule has 0 bridgehead atoms. The molecular formula is C11H18ClN3O4. The van der Waals surface area contributed by atoms with Crippen LogP contribution < -0.4 is 11.4 Å². The number of aromatic nitrogens is 2. The van der Waals surface area contributed by atoms with Crippen molar-refractivity contribution in [1.82, 2.24) is 9.55 Å². The van der Waals surface area contributed by atoms with E-state index >= 15 is 0 Å². The number of aliphatic hydroxyl groups is 2. The Bertz CT molecular complexity index is 481. The van der Waals surface area contributed by atoms with Gasteiger partial charge in [0.1, 0.15) is 17.6 Å². The molecule has 1 aliphatic heterocycles. The molecule has 1 aliphatic rings. The van der Waals surface area contributed by atoms with Crippen LogP contribution in [0.15, 0.2) is 17.1 Å². The summed E-state index contributed by atoms with van der Waals surface area (Å²) in [5.74, 6) is 0.134. The fourth-order valence-electron chi connectivity index (χ4n) is 1.84. The van der Waals surface area contributed by atoms with Crippen molar-refractivity contribution in [3.05, 3.63) is 22.7 Å². The van der Waals surface area contributed by atoms with Crippen LogP contribution >= 0.6 is 11.6 Å². The van der Waals surface area contributed by atoms with Gasteiger partial charge in [-0.3, -0.25) is 4.57 Å². The van der Waals surface area contributed by atoms with Gasteiger partial charge < -0.3 is 20.7 Å². The Morgan fingerprint density at radius 1 is 1.68 bits per heavy atom. The lowest BCUT2D eigenvalue weighted by Crippen LogP contribution is -2.39. The van der Waals surface area contributed by atoms with E-state index in [0.717, 1.165) is 0 Å². The van der Waals surface area contributed by atoms with Crippen molar-refractivity contribution in [2.24, 2.45) is 0 Å². The Balaban J connectivity index is 0.000000861. The highest BCUT2D eigenvalue weighted by Crippen LogP contribution is 2.35. The summed E-state index contributed by atoms with van der Waals surface area (Å²) in [5.41, 5.74) is 3.79. The largest absolute Gasteiger partial charge is 0.393 e. The molecule has 1 aromatic rings. The number of halogens is 1. The van der Waals surface area contributed by atoms with Crippen molar-refractivity contribution >= 4 is 17.4 Å². The third-order valence-corrected chi connectivity index (χ3v) is 3.01. The van der Waals surface area contributed by atoms with Crippen molar-refractivity contribution in [3.8, 4) is 0 Å². The summed E-state index contributed by atoms with van der Waals surface area (Å²) in [5, 5.41) is 18.9. The number of hydrogen-bond acceptors (Lipinski definition) is 6. The first-order chi connectivity index (χ1) is 8.96. The summed E-state index contributed by atoms with van der Waals surface area (Å²) in [4.78, 5) is 15.2. The van der Waals surface area contributed by atoms with E-state index in [1.165, 1.54) is 23.2 Å². The van der Waals surface area contributed by atoms with Crippen molar-refractivity contribution in [2.75, 3.05) is 18.7 Å². The van der Waals surface area contributed by atoms with E-state index in [1.807, 2.05) is 0 Å². The summed E-state index contributed by atoms with van der Waals surface area (Å²) < 4.78 is 6.75. The normalized spacial score (nSPS) is 29.7. The molecule has 1 aromatic heterocycles. The maximum atomic E-state index is 11.6. The van der Waals surface area contributed by atoms with Gasteiger partial charge in [-0.1, -0.05) is 0 Å². The van der Waals surface area contributed by atoms with Crippen LogP contribution in [-0.2, 0) is 4.74 Å². The zero-order valence-electron chi connectivity index (χ0n) is 10.8. The van der Waals surface area contributed by atoms with Crippen LogP contribution in [0.5, 0.6) is 0 Å². The van der Waals surface area contributed by atoms with E-state index in [4.69, 9.17) is 15.6 Å². The van der Waals surface area contributed by atoms with Gasteiger partial charge in [0.05, 0.1) is 12.7 Å². The third-order valence-electron chi connectivity index (χ3n) is 3.01. The average Bonchev–Trinajstić information content (AvgIpc) is 2.68. The van der Waals surface area contributed by atoms with Crippen LogP contribution in [0.3, 0.4) is 0 Å². The zero-order valence-corrected chi connectivity index (χ0v) is 11.5. The number of anilines is 1. The summed E-state index contributed by atoms with van der Waals surface area (Å²) >= 11 is 4.64. The SMILES string of the molecule is CCl.C[C@]1(CO)O[C@@H](n2ccc(N)nc2=O)C[C@@H]1O. The molecule has 0 aromatic carbocycles. The van der Waals surface area contributed by atoms with Gasteiger partial charge in [0.15, 0.2) is 0 Å². The molecule has 2 heterocycles. The predicted octanol–water partition coefficient (Wildman–Crippen LogP) is -0.289. The second-order valence-electron chi connectivity index (χ2n) is 4.34. The predicted molar refractivity (Wildman–Crippen MR) is 70.9 cm³/mol. The Labute approximate surface area is 115 Å². The van der Waals surface area contributed by atoms with Gasteiger partial charge in [0.2, 0.25) is 0 Å². The van der Waals surface area contributed by atoms with Crippen molar-refractivity contribution < 1.29 is 14.9 Å². The lowest BCUT2D eigenvalue weighted by molar-refractivity contribution is -0.116. The molecule has 2 rings (SSSR count). The fourth-order valence-corrected chi connectivity index (χ4v) is 1.84. The average molecular weight is 292 g/mol. The number of nitrogens with two attached hydrogens (primary N) is 1. The number of hydrogen-bond donors (Lipinski definition) is 3. The number of rotatable bonds is 2. The molecule has 108 valence electrons. The number of aliphatic hydroxyl groups excluding tert-OH is 2. The Kier molecular flexibility index (Phi) is 5.30. The Morgan fingerprint density at radius 3 is 2.79 bits per heavy atom.